The molecule has 2 aliphatic rings. The topological polar surface area (TPSA) is 54.3 Å². The van der Waals surface area contributed by atoms with Crippen molar-refractivity contribution in [1.29, 1.82) is 0 Å². The van der Waals surface area contributed by atoms with Gasteiger partial charge < -0.3 is 14.8 Å². The summed E-state index contributed by atoms with van der Waals surface area (Å²) in [6.45, 7) is 4.11. The van der Waals surface area contributed by atoms with Crippen LogP contribution in [0.5, 0.6) is 0 Å². The number of halogens is 2. The fourth-order valence-corrected chi connectivity index (χ4v) is 5.84. The zero-order valence-electron chi connectivity index (χ0n) is 16.3. The van der Waals surface area contributed by atoms with E-state index < -0.39 is 0 Å². The molecule has 0 spiro atoms. The molecule has 1 fully saturated rings. The molecule has 3 unspecified atom stereocenters. The third-order valence-electron chi connectivity index (χ3n) is 5.57. The number of nitrogens with zero attached hydrogens (tertiary/aromatic N) is 2. The molecule has 2 aromatic rings. The normalized spacial score (nSPS) is 21.0. The van der Waals surface area contributed by atoms with Crippen molar-refractivity contribution in [3.63, 3.8) is 0 Å². The predicted molar refractivity (Wildman–Crippen MR) is 128 cm³/mol. The van der Waals surface area contributed by atoms with E-state index in [9.17, 15) is 9.59 Å². The number of nitrogens with one attached hydrogen (secondary N) is 1. The minimum Gasteiger partial charge on any atom is -0.356 e. The molecule has 30 heavy (non-hydrogen) atoms. The van der Waals surface area contributed by atoms with Gasteiger partial charge in [-0.25, -0.2) is 0 Å². The second-order valence-electron chi connectivity index (χ2n) is 7.74. The van der Waals surface area contributed by atoms with E-state index in [1.54, 1.807) is 24.3 Å². The number of thiocarbonyl (C=S) groups is 1. The van der Waals surface area contributed by atoms with E-state index in [0.29, 0.717) is 26.0 Å². The number of rotatable bonds is 3. The molecule has 3 heterocycles. The van der Waals surface area contributed by atoms with Crippen LogP contribution in [0.3, 0.4) is 0 Å². The van der Waals surface area contributed by atoms with E-state index in [-0.39, 0.29) is 22.6 Å². The largest absolute Gasteiger partial charge is 0.356 e. The molecule has 1 amide bonds. The van der Waals surface area contributed by atoms with Gasteiger partial charge in [-0.3, -0.25) is 9.59 Å². The molecule has 2 aliphatic heterocycles. The number of piperidine rings is 1. The molecule has 4 rings (SSSR count). The lowest BCUT2D eigenvalue weighted by Crippen LogP contribution is -2.48. The molecule has 1 aromatic heterocycles. The maximum Gasteiger partial charge on any atom is 0.250 e. The van der Waals surface area contributed by atoms with Gasteiger partial charge in [0.05, 0.1) is 16.0 Å². The second-order valence-corrected chi connectivity index (χ2v) is 10.6. The maximum atomic E-state index is 12.6. The number of carbonyl (C=O) groups is 1. The van der Waals surface area contributed by atoms with Crippen molar-refractivity contribution in [3.8, 4) is 0 Å². The Morgan fingerprint density at radius 2 is 2.03 bits per heavy atom. The maximum absolute atomic E-state index is 12.6. The van der Waals surface area contributed by atoms with E-state index in [1.807, 2.05) is 23.6 Å². The molecular weight excluding hydrogens is 461 g/mol. The number of pyridine rings is 1. The van der Waals surface area contributed by atoms with Gasteiger partial charge in [-0.2, -0.15) is 0 Å². The number of anilines is 1. The molecule has 0 aliphatic carbocycles. The molecule has 3 atom stereocenters. The Balaban J connectivity index is 1.40. The number of likely N-dealkylation sites (tertiary alicyclic amines) is 1. The van der Waals surface area contributed by atoms with Gasteiger partial charge >= 0.3 is 0 Å². The van der Waals surface area contributed by atoms with Crippen LogP contribution in [0.2, 0.25) is 10.0 Å². The molecular formula is C21H21Cl2N3O2S2. The summed E-state index contributed by atoms with van der Waals surface area (Å²) in [5, 5.41) is 3.38. The van der Waals surface area contributed by atoms with Crippen LogP contribution in [0.1, 0.15) is 25.0 Å². The summed E-state index contributed by atoms with van der Waals surface area (Å²) in [6, 6.07) is 10.4. The van der Waals surface area contributed by atoms with Gasteiger partial charge in [0.15, 0.2) is 0 Å². The zero-order chi connectivity index (χ0) is 21.4. The molecule has 1 aromatic carbocycles. The first-order chi connectivity index (χ1) is 14.3. The number of aromatic nitrogens is 1. The Morgan fingerprint density at radius 3 is 2.83 bits per heavy atom. The molecule has 0 radical (unpaired) electrons. The summed E-state index contributed by atoms with van der Waals surface area (Å²) in [7, 11) is 0. The van der Waals surface area contributed by atoms with E-state index in [4.69, 9.17) is 35.4 Å². The van der Waals surface area contributed by atoms with Crippen LogP contribution in [0.25, 0.3) is 0 Å². The average molecular weight is 482 g/mol. The predicted octanol–water partition coefficient (Wildman–Crippen LogP) is 4.62. The molecule has 5 nitrogen and oxygen atoms in total. The van der Waals surface area contributed by atoms with Gasteiger partial charge in [0.25, 0.3) is 5.56 Å². The first kappa shape index (κ1) is 21.7. The second kappa shape index (κ2) is 8.91. The van der Waals surface area contributed by atoms with Crippen molar-refractivity contribution in [1.82, 2.24) is 9.47 Å². The van der Waals surface area contributed by atoms with Crippen molar-refractivity contribution in [3.05, 3.63) is 62.5 Å². The number of hydrogen-bond donors (Lipinski definition) is 1. The fourth-order valence-electron chi connectivity index (χ4n) is 4.15. The number of thioether (sulfide) groups is 1. The first-order valence-electron chi connectivity index (χ1n) is 9.73. The van der Waals surface area contributed by atoms with E-state index in [1.165, 1.54) is 11.8 Å². The van der Waals surface area contributed by atoms with Gasteiger partial charge in [-0.1, -0.05) is 53.2 Å². The quantitative estimate of drug-likeness (QED) is 0.648. The Hall–Kier alpha value is -1.54. The van der Waals surface area contributed by atoms with Crippen molar-refractivity contribution >= 4 is 63.1 Å². The van der Waals surface area contributed by atoms with Gasteiger partial charge in [-0.05, 0) is 43.5 Å². The minimum absolute atomic E-state index is 0.0672. The lowest BCUT2D eigenvalue weighted by molar-refractivity contribution is -0.115. The van der Waals surface area contributed by atoms with E-state index >= 15 is 0 Å². The Kier molecular flexibility index (Phi) is 6.44. The number of amides is 1. The highest BCUT2D eigenvalue weighted by atomic mass is 35.5. The summed E-state index contributed by atoms with van der Waals surface area (Å²) in [6.07, 6.45) is 1.07. The van der Waals surface area contributed by atoms with Gasteiger partial charge in [0.1, 0.15) is 4.32 Å². The van der Waals surface area contributed by atoms with Crippen molar-refractivity contribution in [2.45, 2.75) is 31.1 Å². The Bertz CT molecular complexity index is 1060. The van der Waals surface area contributed by atoms with E-state index in [0.717, 1.165) is 31.7 Å². The van der Waals surface area contributed by atoms with Crippen LogP contribution in [-0.2, 0) is 11.3 Å². The zero-order valence-corrected chi connectivity index (χ0v) is 19.5. The van der Waals surface area contributed by atoms with Crippen LogP contribution in [0.4, 0.5) is 5.69 Å². The monoisotopic (exact) mass is 481 g/mol. The highest BCUT2D eigenvalue weighted by Gasteiger charge is 2.35. The van der Waals surface area contributed by atoms with Gasteiger partial charge in [0.2, 0.25) is 5.91 Å². The van der Waals surface area contributed by atoms with E-state index in [2.05, 4.69) is 10.2 Å². The molecule has 1 saturated heterocycles. The Morgan fingerprint density at radius 1 is 1.23 bits per heavy atom. The summed E-state index contributed by atoms with van der Waals surface area (Å²) in [5.74, 6) is 0.476. The lowest BCUT2D eigenvalue weighted by atomic mass is 9.83. The highest BCUT2D eigenvalue weighted by molar-refractivity contribution is 8.23. The third-order valence-corrected chi connectivity index (χ3v) is 7.71. The van der Waals surface area contributed by atoms with Gasteiger partial charge in [-0.15, -0.1) is 0 Å². The van der Waals surface area contributed by atoms with Crippen LogP contribution in [-0.4, -0.2) is 38.0 Å². The van der Waals surface area contributed by atoms with Crippen LogP contribution in [0.15, 0.2) is 41.2 Å². The molecule has 2 bridgehead atoms. The lowest BCUT2D eigenvalue weighted by Gasteiger charge is -2.43. The van der Waals surface area contributed by atoms with Crippen molar-refractivity contribution in [2.75, 3.05) is 18.4 Å². The van der Waals surface area contributed by atoms with Crippen LogP contribution in [0, 0.1) is 5.92 Å². The fraction of sp³-hybridized carbons (Fsp3) is 0.381. The minimum atomic E-state index is -0.385. The highest BCUT2D eigenvalue weighted by Crippen LogP contribution is 2.36. The molecule has 0 saturated carbocycles. The first-order valence-corrected chi connectivity index (χ1v) is 11.8. The SMILES string of the molecule is CC(SC(=S)N1CC2CC(C1)c1cccc(=O)n1C2)C(=O)Nc1cc(Cl)ccc1Cl. The standard InChI is InChI=1S/C21H21Cl2N3O2S2/c1-12(20(28)24-17-8-15(22)5-6-16(17)23)30-21(29)25-9-13-7-14(11-25)18-3-2-4-19(27)26(18)10-13/h2-6,8,12-14H,7,9-11H2,1H3,(H,24,28). The Labute approximate surface area is 194 Å². The van der Waals surface area contributed by atoms with Crippen LogP contribution >= 0.6 is 47.2 Å². The average Bonchev–Trinajstić information content (AvgIpc) is 2.71. The summed E-state index contributed by atoms with van der Waals surface area (Å²) in [4.78, 5) is 27.0. The number of benzene rings is 1. The third kappa shape index (κ3) is 4.54. The molecule has 1 N–H and O–H groups in total. The number of fused-ring (bicyclic) bond motifs is 4. The summed E-state index contributed by atoms with van der Waals surface area (Å²) < 4.78 is 2.60. The van der Waals surface area contributed by atoms with Crippen molar-refractivity contribution < 1.29 is 4.79 Å². The molecule has 158 valence electrons. The summed E-state index contributed by atoms with van der Waals surface area (Å²) in [5.41, 5.74) is 1.64. The molecule has 9 heteroatoms. The smallest absolute Gasteiger partial charge is 0.250 e. The number of hydrogen-bond acceptors (Lipinski definition) is 4. The summed E-state index contributed by atoms with van der Waals surface area (Å²) >= 11 is 19.2. The number of carbonyl (C=O) groups excluding carboxylic acids is 1. The van der Waals surface area contributed by atoms with Crippen molar-refractivity contribution in [2.24, 2.45) is 5.92 Å². The van der Waals surface area contributed by atoms with Gasteiger partial charge in [0, 0.05) is 42.3 Å². The van der Waals surface area contributed by atoms with Crippen LogP contribution < -0.4 is 10.9 Å².